The molecule has 1 rings (SSSR count). The van der Waals surface area contributed by atoms with Crippen molar-refractivity contribution in [3.8, 4) is 0 Å². The first-order chi connectivity index (χ1) is 5.68. The van der Waals surface area contributed by atoms with Gasteiger partial charge in [-0.1, -0.05) is 0 Å². The molecule has 0 aromatic heterocycles. The summed E-state index contributed by atoms with van der Waals surface area (Å²) in [5.41, 5.74) is 0. The van der Waals surface area contributed by atoms with E-state index >= 15 is 0 Å². The standard InChI is InChI=1S/C9H19NO2/c1-8(11)7-10-5-2-3-9(12)4-6-10/h8-9,11-12H,2-7H2,1H3/t8-,9?/m0/s1. The Morgan fingerprint density at radius 1 is 1.42 bits per heavy atom. The molecular formula is C9H19NO2. The second-order valence-corrected chi connectivity index (χ2v) is 3.73. The zero-order valence-corrected chi connectivity index (χ0v) is 7.74. The number of β-amino-alcohol motifs (C(OH)–C–C–N with tert-alkyl or cyclic N) is 1. The van der Waals surface area contributed by atoms with E-state index in [1.54, 1.807) is 6.92 Å². The Hall–Kier alpha value is -0.120. The van der Waals surface area contributed by atoms with Gasteiger partial charge in [-0.25, -0.2) is 0 Å². The monoisotopic (exact) mass is 173 g/mol. The Bertz CT molecular complexity index is 128. The molecule has 1 fully saturated rings. The molecule has 0 aliphatic carbocycles. The van der Waals surface area contributed by atoms with E-state index < -0.39 is 0 Å². The molecule has 3 nitrogen and oxygen atoms in total. The number of rotatable bonds is 2. The lowest BCUT2D eigenvalue weighted by molar-refractivity contribution is 0.120. The van der Waals surface area contributed by atoms with Gasteiger partial charge in [0.25, 0.3) is 0 Å². The maximum atomic E-state index is 9.35. The van der Waals surface area contributed by atoms with Gasteiger partial charge in [-0.3, -0.25) is 0 Å². The molecule has 0 aromatic rings. The Balaban J connectivity index is 2.26. The second kappa shape index (κ2) is 4.80. The summed E-state index contributed by atoms with van der Waals surface area (Å²) in [4.78, 5) is 2.22. The van der Waals surface area contributed by atoms with Gasteiger partial charge < -0.3 is 15.1 Å². The Labute approximate surface area is 74.0 Å². The predicted octanol–water partition coefficient (Wildman–Crippen LogP) is 0.214. The SMILES string of the molecule is C[C@H](O)CN1CCCC(O)CC1. The minimum atomic E-state index is -0.250. The summed E-state index contributed by atoms with van der Waals surface area (Å²) in [7, 11) is 0. The Morgan fingerprint density at radius 3 is 2.83 bits per heavy atom. The number of aliphatic hydroxyl groups excluding tert-OH is 2. The molecule has 0 radical (unpaired) electrons. The molecule has 2 N–H and O–H groups in total. The molecule has 12 heavy (non-hydrogen) atoms. The van der Waals surface area contributed by atoms with E-state index in [1.807, 2.05) is 0 Å². The summed E-state index contributed by atoms with van der Waals surface area (Å²) < 4.78 is 0. The second-order valence-electron chi connectivity index (χ2n) is 3.73. The van der Waals surface area contributed by atoms with Gasteiger partial charge in [0.05, 0.1) is 12.2 Å². The van der Waals surface area contributed by atoms with Crippen LogP contribution in [0.4, 0.5) is 0 Å². The first kappa shape index (κ1) is 9.96. The highest BCUT2D eigenvalue weighted by Crippen LogP contribution is 2.10. The Morgan fingerprint density at radius 2 is 2.17 bits per heavy atom. The number of likely N-dealkylation sites (tertiary alicyclic amines) is 1. The van der Waals surface area contributed by atoms with E-state index in [0.29, 0.717) is 0 Å². The van der Waals surface area contributed by atoms with Crippen LogP contribution >= 0.6 is 0 Å². The van der Waals surface area contributed by atoms with Crippen LogP contribution in [0.2, 0.25) is 0 Å². The summed E-state index contributed by atoms with van der Waals surface area (Å²) in [5.74, 6) is 0. The molecule has 2 atom stereocenters. The molecule has 3 heteroatoms. The van der Waals surface area contributed by atoms with Crippen LogP contribution < -0.4 is 0 Å². The summed E-state index contributed by atoms with van der Waals surface area (Å²) >= 11 is 0. The first-order valence-electron chi connectivity index (χ1n) is 4.77. The molecule has 1 aliphatic rings. The summed E-state index contributed by atoms with van der Waals surface area (Å²) in [6.07, 6.45) is 2.45. The van der Waals surface area contributed by atoms with Gasteiger partial charge in [-0.15, -0.1) is 0 Å². The van der Waals surface area contributed by atoms with E-state index in [9.17, 15) is 5.11 Å². The van der Waals surface area contributed by atoms with E-state index in [4.69, 9.17) is 5.11 Å². The lowest BCUT2D eigenvalue weighted by Gasteiger charge is -2.20. The van der Waals surface area contributed by atoms with Crippen molar-refractivity contribution < 1.29 is 10.2 Å². The van der Waals surface area contributed by atoms with Crippen LogP contribution in [0.5, 0.6) is 0 Å². The highest BCUT2D eigenvalue weighted by molar-refractivity contribution is 4.69. The van der Waals surface area contributed by atoms with Crippen molar-refractivity contribution in [1.29, 1.82) is 0 Å². The van der Waals surface area contributed by atoms with Crippen LogP contribution in [0.1, 0.15) is 26.2 Å². The highest BCUT2D eigenvalue weighted by atomic mass is 16.3. The fourth-order valence-electron chi connectivity index (χ4n) is 1.69. The number of nitrogens with zero attached hydrogens (tertiary/aromatic N) is 1. The van der Waals surface area contributed by atoms with Gasteiger partial charge in [0, 0.05) is 13.1 Å². The normalized spacial score (nSPS) is 29.8. The zero-order valence-electron chi connectivity index (χ0n) is 7.74. The first-order valence-corrected chi connectivity index (χ1v) is 4.77. The summed E-state index contributed by atoms with van der Waals surface area (Å²) in [6, 6.07) is 0. The maximum absolute atomic E-state index is 9.35. The molecule has 0 bridgehead atoms. The fraction of sp³-hybridized carbons (Fsp3) is 1.00. The van der Waals surface area contributed by atoms with Crippen LogP contribution in [0.3, 0.4) is 0 Å². The predicted molar refractivity (Wildman–Crippen MR) is 48.0 cm³/mol. The molecule has 0 spiro atoms. The fourth-order valence-corrected chi connectivity index (χ4v) is 1.69. The molecular weight excluding hydrogens is 154 g/mol. The minimum Gasteiger partial charge on any atom is -0.393 e. The van der Waals surface area contributed by atoms with Gasteiger partial charge in [-0.05, 0) is 32.7 Å². The van der Waals surface area contributed by atoms with Crippen LogP contribution in [0.25, 0.3) is 0 Å². The molecule has 0 amide bonds. The largest absolute Gasteiger partial charge is 0.393 e. The van der Waals surface area contributed by atoms with Gasteiger partial charge >= 0.3 is 0 Å². The smallest absolute Gasteiger partial charge is 0.0639 e. The average molecular weight is 173 g/mol. The zero-order chi connectivity index (χ0) is 8.97. The number of hydrogen-bond acceptors (Lipinski definition) is 3. The minimum absolute atomic E-state index is 0.121. The lowest BCUT2D eigenvalue weighted by atomic mass is 10.2. The van der Waals surface area contributed by atoms with Crippen LogP contribution in [-0.2, 0) is 0 Å². The molecule has 1 unspecified atom stereocenters. The van der Waals surface area contributed by atoms with Crippen LogP contribution in [0.15, 0.2) is 0 Å². The van der Waals surface area contributed by atoms with Crippen molar-refractivity contribution in [3.05, 3.63) is 0 Å². The number of aliphatic hydroxyl groups is 2. The average Bonchev–Trinajstić information content (AvgIpc) is 2.15. The third-order valence-electron chi connectivity index (χ3n) is 2.31. The van der Waals surface area contributed by atoms with E-state index in [2.05, 4.69) is 4.90 Å². The third kappa shape index (κ3) is 3.52. The van der Waals surface area contributed by atoms with E-state index in [1.165, 1.54) is 0 Å². The van der Waals surface area contributed by atoms with Gasteiger partial charge in [-0.2, -0.15) is 0 Å². The molecule has 0 aromatic carbocycles. The van der Waals surface area contributed by atoms with E-state index in [0.717, 1.165) is 38.9 Å². The Kier molecular flexibility index (Phi) is 3.98. The topological polar surface area (TPSA) is 43.7 Å². The lowest BCUT2D eigenvalue weighted by Crippen LogP contribution is -2.32. The van der Waals surface area contributed by atoms with Crippen molar-refractivity contribution in [2.24, 2.45) is 0 Å². The van der Waals surface area contributed by atoms with Crippen molar-refractivity contribution in [2.75, 3.05) is 19.6 Å². The van der Waals surface area contributed by atoms with Gasteiger partial charge in [0.2, 0.25) is 0 Å². The van der Waals surface area contributed by atoms with Gasteiger partial charge in [0.1, 0.15) is 0 Å². The van der Waals surface area contributed by atoms with Crippen molar-refractivity contribution in [1.82, 2.24) is 4.90 Å². The van der Waals surface area contributed by atoms with Crippen LogP contribution in [-0.4, -0.2) is 47.0 Å². The maximum Gasteiger partial charge on any atom is 0.0639 e. The molecule has 1 saturated heterocycles. The summed E-state index contributed by atoms with van der Waals surface area (Å²) in [5, 5.41) is 18.5. The van der Waals surface area contributed by atoms with Crippen molar-refractivity contribution in [3.63, 3.8) is 0 Å². The van der Waals surface area contributed by atoms with E-state index in [-0.39, 0.29) is 12.2 Å². The molecule has 72 valence electrons. The third-order valence-corrected chi connectivity index (χ3v) is 2.31. The molecule has 0 saturated carbocycles. The summed E-state index contributed by atoms with van der Waals surface area (Å²) in [6.45, 7) is 4.49. The molecule has 1 aliphatic heterocycles. The van der Waals surface area contributed by atoms with Gasteiger partial charge in [0.15, 0.2) is 0 Å². The number of hydrogen-bond donors (Lipinski definition) is 2. The molecule has 1 heterocycles. The van der Waals surface area contributed by atoms with Crippen molar-refractivity contribution in [2.45, 2.75) is 38.4 Å². The van der Waals surface area contributed by atoms with Crippen molar-refractivity contribution >= 4 is 0 Å². The quantitative estimate of drug-likeness (QED) is 0.627. The highest BCUT2D eigenvalue weighted by Gasteiger charge is 2.15. The van der Waals surface area contributed by atoms with Crippen LogP contribution in [0, 0.1) is 0 Å².